The molecule has 3 nitrogen and oxygen atoms in total. The number of ketones is 1. The van der Waals surface area contributed by atoms with Crippen molar-refractivity contribution in [2.45, 2.75) is 77.2 Å². The third-order valence-corrected chi connectivity index (χ3v) is 8.84. The number of rotatable bonds is 1. The summed E-state index contributed by atoms with van der Waals surface area (Å²) < 4.78 is 0. The molecule has 162 valence electrons. The fraction of sp³-hybridized carbons (Fsp3) is 0.536. The summed E-state index contributed by atoms with van der Waals surface area (Å²) in [6.45, 7) is 6.02. The van der Waals surface area contributed by atoms with Gasteiger partial charge in [0, 0.05) is 17.8 Å². The number of hydrogen-bond acceptors (Lipinski definition) is 3. The van der Waals surface area contributed by atoms with Crippen LogP contribution in [0.3, 0.4) is 0 Å². The van der Waals surface area contributed by atoms with E-state index in [0.717, 1.165) is 44.1 Å². The molecule has 5 atom stereocenters. The first-order chi connectivity index (χ1) is 14.8. The van der Waals surface area contributed by atoms with Crippen LogP contribution in [0.2, 0.25) is 0 Å². The average Bonchev–Trinajstić information content (AvgIpc) is 3.00. The summed E-state index contributed by atoms with van der Waals surface area (Å²) in [6.07, 6.45) is 7.92. The Morgan fingerprint density at radius 1 is 1.16 bits per heavy atom. The summed E-state index contributed by atoms with van der Waals surface area (Å²) in [6, 6.07) is 5.96. The van der Waals surface area contributed by atoms with Crippen molar-refractivity contribution in [3.8, 4) is 17.6 Å². The van der Waals surface area contributed by atoms with Crippen molar-refractivity contribution in [2.75, 3.05) is 0 Å². The highest BCUT2D eigenvalue weighted by molar-refractivity contribution is 5.93. The van der Waals surface area contributed by atoms with Gasteiger partial charge in [0.25, 0.3) is 0 Å². The summed E-state index contributed by atoms with van der Waals surface area (Å²) in [5.41, 5.74) is 5.02. The Hall–Kier alpha value is -2.31. The number of carbonyl (C=O) groups excluding carboxylic acids is 1. The highest BCUT2D eigenvalue weighted by atomic mass is 16.3. The molecule has 0 bridgehead atoms. The number of allylic oxidation sites excluding steroid dienone is 4. The van der Waals surface area contributed by atoms with Gasteiger partial charge in [-0.25, -0.2) is 0 Å². The maximum atomic E-state index is 12.1. The monoisotopic (exact) mass is 416 g/mol. The number of phenols is 1. The molecule has 3 heteroatoms. The van der Waals surface area contributed by atoms with Crippen LogP contribution in [0.25, 0.3) is 0 Å². The molecular weight excluding hydrogens is 384 g/mol. The lowest BCUT2D eigenvalue weighted by Crippen LogP contribution is -2.51. The summed E-state index contributed by atoms with van der Waals surface area (Å²) in [4.78, 5) is 12.1. The zero-order valence-electron chi connectivity index (χ0n) is 18.8. The Morgan fingerprint density at radius 2 is 1.97 bits per heavy atom. The van der Waals surface area contributed by atoms with Gasteiger partial charge in [0.2, 0.25) is 0 Å². The van der Waals surface area contributed by atoms with E-state index in [1.165, 1.54) is 22.3 Å². The number of aromatic hydroxyl groups is 1. The molecule has 4 aliphatic carbocycles. The first kappa shape index (κ1) is 20.6. The van der Waals surface area contributed by atoms with E-state index in [9.17, 15) is 15.0 Å². The van der Waals surface area contributed by atoms with Crippen molar-refractivity contribution in [3.63, 3.8) is 0 Å². The topological polar surface area (TPSA) is 57.5 Å². The SMILES string of the molecule is CC#C[C@@]1(O)CC[C@H]2[C@@H]3CCC4=CC(=O)CCC4=C3[C@@H](c3ccc(O)c(C)c3)C[C@@]21C. The second-order valence-corrected chi connectivity index (χ2v) is 10.3. The number of phenolic OH excluding ortho intramolecular Hbond substituents is 1. The van der Waals surface area contributed by atoms with Crippen molar-refractivity contribution in [1.82, 2.24) is 0 Å². The van der Waals surface area contributed by atoms with E-state index >= 15 is 0 Å². The van der Waals surface area contributed by atoms with Crippen LogP contribution in [0.15, 0.2) is 41.0 Å². The van der Waals surface area contributed by atoms with Crippen LogP contribution in [-0.2, 0) is 4.79 Å². The van der Waals surface area contributed by atoms with Gasteiger partial charge in [-0.15, -0.1) is 5.92 Å². The van der Waals surface area contributed by atoms with Crippen LogP contribution >= 0.6 is 0 Å². The first-order valence-electron chi connectivity index (χ1n) is 11.7. The van der Waals surface area contributed by atoms with Crippen molar-refractivity contribution in [1.29, 1.82) is 0 Å². The number of carbonyl (C=O) groups is 1. The lowest BCUT2D eigenvalue weighted by molar-refractivity contribution is -0.114. The Morgan fingerprint density at radius 3 is 2.71 bits per heavy atom. The molecule has 0 aliphatic heterocycles. The van der Waals surface area contributed by atoms with E-state index < -0.39 is 5.60 Å². The molecule has 2 fully saturated rings. The van der Waals surface area contributed by atoms with E-state index in [1.807, 2.05) is 26.0 Å². The van der Waals surface area contributed by atoms with Crippen molar-refractivity contribution in [2.24, 2.45) is 17.3 Å². The second-order valence-electron chi connectivity index (χ2n) is 10.3. The molecule has 0 aromatic heterocycles. The van der Waals surface area contributed by atoms with Crippen LogP contribution < -0.4 is 0 Å². The largest absolute Gasteiger partial charge is 0.508 e. The van der Waals surface area contributed by atoms with E-state index in [0.29, 0.717) is 24.0 Å². The number of aryl methyl sites for hydroxylation is 1. The number of aliphatic hydroxyl groups is 1. The minimum atomic E-state index is -0.953. The predicted octanol–water partition coefficient (Wildman–Crippen LogP) is 5.35. The third kappa shape index (κ3) is 2.95. The minimum absolute atomic E-state index is 0.181. The van der Waals surface area contributed by atoms with Crippen molar-refractivity contribution in [3.05, 3.63) is 52.1 Å². The molecular formula is C28H32O3. The van der Waals surface area contributed by atoms with Crippen LogP contribution in [0.5, 0.6) is 5.75 Å². The zero-order valence-corrected chi connectivity index (χ0v) is 18.8. The van der Waals surface area contributed by atoms with Gasteiger partial charge in [0.05, 0.1) is 0 Å². The molecule has 0 heterocycles. The molecule has 0 unspecified atom stereocenters. The maximum absolute atomic E-state index is 12.1. The molecule has 2 saturated carbocycles. The molecule has 31 heavy (non-hydrogen) atoms. The summed E-state index contributed by atoms with van der Waals surface area (Å²) in [7, 11) is 0. The fourth-order valence-corrected chi connectivity index (χ4v) is 7.27. The molecule has 0 spiro atoms. The Kier molecular flexibility index (Phi) is 4.72. The quantitative estimate of drug-likeness (QED) is 0.607. The third-order valence-electron chi connectivity index (χ3n) is 8.84. The fourth-order valence-electron chi connectivity index (χ4n) is 7.27. The number of fused-ring (bicyclic) bond motifs is 4. The first-order valence-corrected chi connectivity index (χ1v) is 11.7. The van der Waals surface area contributed by atoms with Crippen LogP contribution in [-0.4, -0.2) is 21.6 Å². The zero-order chi connectivity index (χ0) is 22.0. The molecule has 1 aromatic rings. The molecule has 0 radical (unpaired) electrons. The lowest BCUT2D eigenvalue weighted by Gasteiger charge is -2.53. The van der Waals surface area contributed by atoms with E-state index in [2.05, 4.69) is 24.8 Å². The molecule has 5 rings (SSSR count). The Labute approximate surface area is 185 Å². The summed E-state index contributed by atoms with van der Waals surface area (Å²) in [5, 5.41) is 21.8. The number of hydrogen-bond donors (Lipinski definition) is 2. The predicted molar refractivity (Wildman–Crippen MR) is 122 cm³/mol. The molecule has 1 aromatic carbocycles. The average molecular weight is 417 g/mol. The molecule has 4 aliphatic rings. The highest BCUT2D eigenvalue weighted by Crippen LogP contribution is 2.66. The summed E-state index contributed by atoms with van der Waals surface area (Å²) in [5.74, 6) is 7.80. The van der Waals surface area contributed by atoms with Gasteiger partial charge < -0.3 is 10.2 Å². The Balaban J connectivity index is 1.71. The van der Waals surface area contributed by atoms with Gasteiger partial charge in [-0.2, -0.15) is 0 Å². The second kappa shape index (κ2) is 7.10. The normalized spacial score (nSPS) is 36.7. The van der Waals surface area contributed by atoms with Crippen molar-refractivity contribution >= 4 is 5.78 Å². The van der Waals surface area contributed by atoms with Gasteiger partial charge in [0.1, 0.15) is 11.4 Å². The van der Waals surface area contributed by atoms with Gasteiger partial charge in [0.15, 0.2) is 5.78 Å². The summed E-state index contributed by atoms with van der Waals surface area (Å²) >= 11 is 0. The van der Waals surface area contributed by atoms with Crippen LogP contribution in [0, 0.1) is 36.0 Å². The molecule has 0 saturated heterocycles. The molecule has 0 amide bonds. The Bertz CT molecular complexity index is 1080. The van der Waals surface area contributed by atoms with Crippen LogP contribution in [0.1, 0.15) is 75.8 Å². The smallest absolute Gasteiger partial charge is 0.156 e. The standard InChI is InChI=1S/C28H32O3/c1-4-12-28(31)13-11-24-22-8-5-19-15-20(29)7-9-21(19)26(22)23(16-27(24,28)3)18-6-10-25(30)17(2)14-18/h6,10,14-15,22-24,30-31H,5,7-9,11,13,16H2,1-3H3/t22-,23+,24-,27-,28+/m0/s1. The van der Waals surface area contributed by atoms with E-state index in [-0.39, 0.29) is 17.1 Å². The van der Waals surface area contributed by atoms with Gasteiger partial charge in [-0.05, 0) is 98.6 Å². The van der Waals surface area contributed by atoms with Gasteiger partial charge >= 0.3 is 0 Å². The lowest BCUT2D eigenvalue weighted by atomic mass is 9.51. The number of benzene rings is 1. The molecule has 2 N–H and O–H groups in total. The van der Waals surface area contributed by atoms with Gasteiger partial charge in [-0.1, -0.05) is 30.6 Å². The highest BCUT2D eigenvalue weighted by Gasteiger charge is 2.62. The maximum Gasteiger partial charge on any atom is 0.156 e. The van der Waals surface area contributed by atoms with Crippen LogP contribution in [0.4, 0.5) is 0 Å². The minimum Gasteiger partial charge on any atom is -0.508 e. The van der Waals surface area contributed by atoms with Crippen molar-refractivity contribution < 1.29 is 15.0 Å². The van der Waals surface area contributed by atoms with E-state index in [1.54, 1.807) is 6.07 Å². The van der Waals surface area contributed by atoms with Gasteiger partial charge in [-0.3, -0.25) is 4.79 Å². The van der Waals surface area contributed by atoms with E-state index in [4.69, 9.17) is 0 Å².